The monoisotopic (exact) mass is 317 g/mol. The van der Waals surface area contributed by atoms with Gasteiger partial charge >= 0.3 is 0 Å². The molecule has 0 radical (unpaired) electrons. The van der Waals surface area contributed by atoms with E-state index in [0.717, 1.165) is 18.4 Å². The molecule has 6 heteroatoms. The van der Waals surface area contributed by atoms with Gasteiger partial charge in [0.1, 0.15) is 11.5 Å². The molecule has 1 aromatic carbocycles. The van der Waals surface area contributed by atoms with Crippen molar-refractivity contribution in [1.82, 2.24) is 15.1 Å². The van der Waals surface area contributed by atoms with Crippen molar-refractivity contribution in [1.29, 1.82) is 0 Å². The van der Waals surface area contributed by atoms with E-state index in [1.54, 1.807) is 23.1 Å². The number of halogens is 1. The Morgan fingerprint density at radius 2 is 2.13 bits per heavy atom. The maximum absolute atomic E-state index is 13.0. The molecule has 2 N–H and O–H groups in total. The maximum atomic E-state index is 13.0. The Bertz CT molecular complexity index is 683. The maximum Gasteiger partial charge on any atom is 0.272 e. The number of amides is 1. The smallest absolute Gasteiger partial charge is 0.272 e. The molecule has 1 saturated heterocycles. The van der Waals surface area contributed by atoms with Gasteiger partial charge in [-0.05, 0) is 56.0 Å². The normalized spacial score (nSPS) is 21.4. The lowest BCUT2D eigenvalue weighted by molar-refractivity contribution is 0.0483. The number of aromatic nitrogens is 2. The number of likely N-dealkylation sites (tertiary alicyclic amines) is 1. The summed E-state index contributed by atoms with van der Waals surface area (Å²) in [4.78, 5) is 14.5. The Kier molecular flexibility index (Phi) is 4.43. The van der Waals surface area contributed by atoms with Crippen LogP contribution in [0.4, 0.5) is 4.39 Å². The molecule has 2 aromatic rings. The lowest BCUT2D eigenvalue weighted by atomic mass is 9.94. The van der Waals surface area contributed by atoms with E-state index < -0.39 is 0 Å². The average Bonchev–Trinajstić information content (AvgIpc) is 3.05. The number of hydrogen-bond donors (Lipinski definition) is 2. The SMILES string of the molecule is CC1CCC(CO)CN1C(=O)c1cc(-c2ccc(F)cc2)n[nH]1. The van der Waals surface area contributed by atoms with Gasteiger partial charge in [-0.1, -0.05) is 0 Å². The summed E-state index contributed by atoms with van der Waals surface area (Å²) in [6.45, 7) is 2.67. The Balaban J connectivity index is 1.79. The minimum absolute atomic E-state index is 0.0975. The van der Waals surface area contributed by atoms with Crippen LogP contribution in [0, 0.1) is 11.7 Å². The van der Waals surface area contributed by atoms with E-state index in [2.05, 4.69) is 10.2 Å². The first kappa shape index (κ1) is 15.7. The minimum atomic E-state index is -0.308. The van der Waals surface area contributed by atoms with Crippen molar-refractivity contribution in [3.05, 3.63) is 41.8 Å². The van der Waals surface area contributed by atoms with Crippen LogP contribution in [0.5, 0.6) is 0 Å². The van der Waals surface area contributed by atoms with Crippen molar-refractivity contribution in [3.63, 3.8) is 0 Å². The highest BCUT2D eigenvalue weighted by atomic mass is 19.1. The van der Waals surface area contributed by atoms with E-state index in [9.17, 15) is 14.3 Å². The molecule has 1 fully saturated rings. The first-order valence-electron chi connectivity index (χ1n) is 7.81. The summed E-state index contributed by atoms with van der Waals surface area (Å²) in [5, 5.41) is 16.3. The molecule has 2 heterocycles. The molecular formula is C17H20FN3O2. The standard InChI is InChI=1S/C17H20FN3O2/c1-11-2-3-12(10-22)9-21(11)17(23)16-8-15(19-20-16)13-4-6-14(18)7-5-13/h4-8,11-12,22H,2-3,9-10H2,1H3,(H,19,20). The summed E-state index contributed by atoms with van der Waals surface area (Å²) in [7, 11) is 0. The molecule has 0 bridgehead atoms. The number of nitrogens with zero attached hydrogens (tertiary/aromatic N) is 2. The Morgan fingerprint density at radius 3 is 2.83 bits per heavy atom. The van der Waals surface area contributed by atoms with E-state index in [1.807, 2.05) is 6.92 Å². The molecule has 1 aliphatic rings. The highest BCUT2D eigenvalue weighted by molar-refractivity contribution is 5.93. The number of carbonyl (C=O) groups is 1. The van der Waals surface area contributed by atoms with Gasteiger partial charge in [0.15, 0.2) is 0 Å². The van der Waals surface area contributed by atoms with Gasteiger partial charge in [0.25, 0.3) is 5.91 Å². The first-order valence-corrected chi connectivity index (χ1v) is 7.81. The van der Waals surface area contributed by atoms with Crippen molar-refractivity contribution in [2.75, 3.05) is 13.2 Å². The molecule has 0 spiro atoms. The molecule has 1 amide bonds. The van der Waals surface area contributed by atoms with Gasteiger partial charge in [0, 0.05) is 24.8 Å². The average molecular weight is 317 g/mol. The summed E-state index contributed by atoms with van der Waals surface area (Å²) in [6.07, 6.45) is 1.82. The molecule has 23 heavy (non-hydrogen) atoms. The van der Waals surface area contributed by atoms with E-state index >= 15 is 0 Å². The fourth-order valence-corrected chi connectivity index (χ4v) is 2.97. The van der Waals surface area contributed by atoms with E-state index in [4.69, 9.17) is 0 Å². The zero-order valence-corrected chi connectivity index (χ0v) is 13.0. The van der Waals surface area contributed by atoms with Gasteiger partial charge < -0.3 is 10.0 Å². The van der Waals surface area contributed by atoms with Gasteiger partial charge in [-0.2, -0.15) is 5.10 Å². The first-order chi connectivity index (χ1) is 11.1. The molecule has 122 valence electrons. The van der Waals surface area contributed by atoms with Crippen molar-refractivity contribution in [2.24, 2.45) is 5.92 Å². The molecule has 1 aromatic heterocycles. The van der Waals surface area contributed by atoms with E-state index in [-0.39, 0.29) is 30.3 Å². The third-order valence-corrected chi connectivity index (χ3v) is 4.45. The highest BCUT2D eigenvalue weighted by Crippen LogP contribution is 2.24. The van der Waals surface area contributed by atoms with Gasteiger partial charge in [-0.3, -0.25) is 9.89 Å². The number of aliphatic hydroxyl groups excluding tert-OH is 1. The number of nitrogens with one attached hydrogen (secondary N) is 1. The van der Waals surface area contributed by atoms with Crippen molar-refractivity contribution < 1.29 is 14.3 Å². The Hall–Kier alpha value is -2.21. The molecule has 5 nitrogen and oxygen atoms in total. The summed E-state index contributed by atoms with van der Waals surface area (Å²) < 4.78 is 13.0. The molecule has 3 rings (SSSR count). The number of aliphatic hydroxyl groups is 1. The Morgan fingerprint density at radius 1 is 1.39 bits per heavy atom. The number of carbonyl (C=O) groups excluding carboxylic acids is 1. The van der Waals surface area contributed by atoms with Gasteiger partial charge in [-0.15, -0.1) is 0 Å². The molecule has 0 saturated carbocycles. The van der Waals surface area contributed by atoms with Crippen LogP contribution in [-0.2, 0) is 0 Å². The zero-order chi connectivity index (χ0) is 16.4. The second kappa shape index (κ2) is 6.50. The highest BCUT2D eigenvalue weighted by Gasteiger charge is 2.30. The van der Waals surface area contributed by atoms with Gasteiger partial charge in [0.2, 0.25) is 0 Å². The summed E-state index contributed by atoms with van der Waals surface area (Å²) >= 11 is 0. The Labute approximate surface area is 134 Å². The predicted molar refractivity (Wildman–Crippen MR) is 84.3 cm³/mol. The topological polar surface area (TPSA) is 69.2 Å². The third-order valence-electron chi connectivity index (χ3n) is 4.45. The number of aromatic amines is 1. The molecular weight excluding hydrogens is 297 g/mol. The van der Waals surface area contributed by atoms with Gasteiger partial charge in [-0.25, -0.2) is 4.39 Å². The molecule has 1 aliphatic heterocycles. The van der Waals surface area contributed by atoms with Crippen molar-refractivity contribution in [2.45, 2.75) is 25.8 Å². The molecule has 2 unspecified atom stereocenters. The van der Waals surface area contributed by atoms with Crippen LogP contribution in [0.2, 0.25) is 0 Å². The number of H-pyrrole nitrogens is 1. The van der Waals surface area contributed by atoms with Crippen LogP contribution in [0.3, 0.4) is 0 Å². The van der Waals surface area contributed by atoms with Crippen LogP contribution >= 0.6 is 0 Å². The second-order valence-electron chi connectivity index (χ2n) is 6.11. The van der Waals surface area contributed by atoms with Crippen LogP contribution in [0.15, 0.2) is 30.3 Å². The lowest BCUT2D eigenvalue weighted by Crippen LogP contribution is -2.46. The summed E-state index contributed by atoms with van der Waals surface area (Å²) in [5.74, 6) is -0.288. The summed E-state index contributed by atoms with van der Waals surface area (Å²) in [5.41, 5.74) is 1.77. The van der Waals surface area contributed by atoms with E-state index in [0.29, 0.717) is 17.9 Å². The number of piperidine rings is 1. The number of rotatable bonds is 3. The van der Waals surface area contributed by atoms with Crippen molar-refractivity contribution in [3.8, 4) is 11.3 Å². The summed E-state index contributed by atoms with van der Waals surface area (Å²) in [6, 6.07) is 7.82. The number of hydrogen-bond acceptors (Lipinski definition) is 3. The molecule has 2 atom stereocenters. The van der Waals surface area contributed by atoms with E-state index in [1.165, 1.54) is 12.1 Å². The molecule has 0 aliphatic carbocycles. The second-order valence-corrected chi connectivity index (χ2v) is 6.11. The quantitative estimate of drug-likeness (QED) is 0.913. The number of benzene rings is 1. The van der Waals surface area contributed by atoms with Crippen LogP contribution in [0.1, 0.15) is 30.3 Å². The fourth-order valence-electron chi connectivity index (χ4n) is 2.97. The largest absolute Gasteiger partial charge is 0.396 e. The van der Waals surface area contributed by atoms with Crippen LogP contribution in [0.25, 0.3) is 11.3 Å². The van der Waals surface area contributed by atoms with Crippen LogP contribution < -0.4 is 0 Å². The predicted octanol–water partition coefficient (Wildman–Crippen LogP) is 2.45. The van der Waals surface area contributed by atoms with Gasteiger partial charge in [0.05, 0.1) is 5.69 Å². The van der Waals surface area contributed by atoms with Crippen LogP contribution in [-0.4, -0.2) is 45.3 Å². The zero-order valence-electron chi connectivity index (χ0n) is 13.0. The fraction of sp³-hybridized carbons (Fsp3) is 0.412. The minimum Gasteiger partial charge on any atom is -0.396 e. The lowest BCUT2D eigenvalue weighted by Gasteiger charge is -2.37. The van der Waals surface area contributed by atoms with Crippen molar-refractivity contribution >= 4 is 5.91 Å². The third kappa shape index (κ3) is 3.27.